The molecule has 0 bridgehead atoms. The van der Waals surface area contributed by atoms with Gasteiger partial charge in [0.25, 0.3) is 5.89 Å². The second-order valence-corrected chi connectivity index (χ2v) is 2.98. The normalized spacial score (nSPS) is 10.1. The molecule has 5 heteroatoms. The highest BCUT2D eigenvalue weighted by Crippen LogP contribution is 2.12. The Morgan fingerprint density at radius 2 is 1.92 bits per heavy atom. The van der Waals surface area contributed by atoms with E-state index >= 15 is 0 Å². The first-order chi connectivity index (χ1) is 5.86. The van der Waals surface area contributed by atoms with Gasteiger partial charge in [-0.3, -0.25) is 0 Å². The van der Waals surface area contributed by atoms with Crippen molar-refractivity contribution >= 4 is 15.9 Å². The zero-order chi connectivity index (χ0) is 8.39. The minimum Gasteiger partial charge on any atom is -0.442 e. The summed E-state index contributed by atoms with van der Waals surface area (Å²) in [6.45, 7) is 0. The third-order valence-electron chi connectivity index (χ3n) is 1.24. The summed E-state index contributed by atoms with van der Waals surface area (Å²) >= 11 is 3.23. The molecule has 0 aliphatic rings. The van der Waals surface area contributed by atoms with E-state index in [4.69, 9.17) is 4.42 Å². The fourth-order valence-corrected chi connectivity index (χ4v) is 0.961. The molecule has 0 N–H and O–H groups in total. The topological polar surface area (TPSA) is 51.8 Å². The maximum absolute atomic E-state index is 5.01. The molecule has 0 spiro atoms. The molecule has 0 aliphatic heterocycles. The van der Waals surface area contributed by atoms with Crippen LogP contribution in [0.3, 0.4) is 0 Å². The number of halogens is 1. The lowest BCUT2D eigenvalue weighted by atomic mass is 10.5. The number of rotatable bonds is 1. The molecule has 2 heterocycles. The summed E-state index contributed by atoms with van der Waals surface area (Å²) in [4.78, 5) is 11.9. The lowest BCUT2D eigenvalue weighted by molar-refractivity contribution is 0.569. The molecule has 0 aromatic carbocycles. The quantitative estimate of drug-likeness (QED) is 0.744. The molecule has 0 saturated heterocycles. The van der Waals surface area contributed by atoms with Crippen molar-refractivity contribution in [1.82, 2.24) is 15.0 Å². The van der Waals surface area contributed by atoms with Crippen molar-refractivity contribution in [2.75, 3.05) is 0 Å². The SMILES string of the molecule is Brc1cnc(-c2ncco2)nc1. The second-order valence-electron chi connectivity index (χ2n) is 2.06. The summed E-state index contributed by atoms with van der Waals surface area (Å²) in [6, 6.07) is 0. The van der Waals surface area contributed by atoms with Gasteiger partial charge in [-0.05, 0) is 15.9 Å². The zero-order valence-corrected chi connectivity index (χ0v) is 7.52. The predicted molar refractivity (Wildman–Crippen MR) is 45.2 cm³/mol. The van der Waals surface area contributed by atoms with Gasteiger partial charge in [-0.15, -0.1) is 0 Å². The Bertz CT molecular complexity index is 357. The van der Waals surface area contributed by atoms with Gasteiger partial charge in [-0.1, -0.05) is 0 Å². The molecule has 12 heavy (non-hydrogen) atoms. The predicted octanol–water partition coefficient (Wildman–Crippen LogP) is 1.89. The Morgan fingerprint density at radius 3 is 2.50 bits per heavy atom. The van der Waals surface area contributed by atoms with Gasteiger partial charge in [0.2, 0.25) is 5.82 Å². The van der Waals surface area contributed by atoms with Crippen LogP contribution in [0.15, 0.2) is 33.7 Å². The van der Waals surface area contributed by atoms with Crippen LogP contribution in [0, 0.1) is 0 Å². The average Bonchev–Trinajstić information content (AvgIpc) is 2.58. The summed E-state index contributed by atoms with van der Waals surface area (Å²) < 4.78 is 5.84. The Morgan fingerprint density at radius 1 is 1.17 bits per heavy atom. The van der Waals surface area contributed by atoms with E-state index in [0.29, 0.717) is 11.7 Å². The lowest BCUT2D eigenvalue weighted by Gasteiger charge is -1.91. The minimum atomic E-state index is 0.433. The molecule has 2 aromatic rings. The van der Waals surface area contributed by atoms with Gasteiger partial charge in [-0.2, -0.15) is 0 Å². The third kappa shape index (κ3) is 1.35. The Hall–Kier alpha value is -1.23. The van der Waals surface area contributed by atoms with E-state index in [9.17, 15) is 0 Å². The molecule has 0 saturated carbocycles. The molecule has 2 rings (SSSR count). The van der Waals surface area contributed by atoms with Crippen LogP contribution in [0.2, 0.25) is 0 Å². The number of hydrogen-bond donors (Lipinski definition) is 0. The molecular formula is C7H4BrN3O. The van der Waals surface area contributed by atoms with Crippen LogP contribution in [-0.2, 0) is 0 Å². The van der Waals surface area contributed by atoms with E-state index in [1.807, 2.05) is 0 Å². The van der Waals surface area contributed by atoms with E-state index < -0.39 is 0 Å². The largest absolute Gasteiger partial charge is 0.442 e. The molecule has 4 nitrogen and oxygen atoms in total. The highest BCUT2D eigenvalue weighted by molar-refractivity contribution is 9.10. The monoisotopic (exact) mass is 225 g/mol. The average molecular weight is 226 g/mol. The molecule has 0 atom stereocenters. The second kappa shape index (κ2) is 3.02. The number of nitrogens with zero attached hydrogens (tertiary/aromatic N) is 3. The van der Waals surface area contributed by atoms with Crippen LogP contribution in [0.25, 0.3) is 11.7 Å². The smallest absolute Gasteiger partial charge is 0.264 e. The van der Waals surface area contributed by atoms with Crippen molar-refractivity contribution < 1.29 is 4.42 Å². The van der Waals surface area contributed by atoms with Crippen molar-refractivity contribution in [3.8, 4) is 11.7 Å². The first kappa shape index (κ1) is 7.42. The first-order valence-corrected chi connectivity index (χ1v) is 4.03. The van der Waals surface area contributed by atoms with Gasteiger partial charge in [-0.25, -0.2) is 15.0 Å². The van der Waals surface area contributed by atoms with Gasteiger partial charge in [0.05, 0.1) is 10.7 Å². The molecule has 0 unspecified atom stereocenters. The van der Waals surface area contributed by atoms with Crippen LogP contribution in [-0.4, -0.2) is 15.0 Å². The van der Waals surface area contributed by atoms with Crippen LogP contribution in [0.1, 0.15) is 0 Å². The van der Waals surface area contributed by atoms with E-state index in [1.54, 1.807) is 18.6 Å². The summed E-state index contributed by atoms with van der Waals surface area (Å²) in [5, 5.41) is 0. The maximum atomic E-state index is 5.01. The molecule has 60 valence electrons. The zero-order valence-electron chi connectivity index (χ0n) is 5.94. The molecule has 0 fully saturated rings. The van der Waals surface area contributed by atoms with Gasteiger partial charge >= 0.3 is 0 Å². The molecule has 2 aromatic heterocycles. The third-order valence-corrected chi connectivity index (χ3v) is 1.65. The number of hydrogen-bond acceptors (Lipinski definition) is 4. The van der Waals surface area contributed by atoms with E-state index in [2.05, 4.69) is 30.9 Å². The number of oxazole rings is 1. The summed E-state index contributed by atoms with van der Waals surface area (Å²) in [5.41, 5.74) is 0. The van der Waals surface area contributed by atoms with Crippen LogP contribution in [0.5, 0.6) is 0 Å². The van der Waals surface area contributed by atoms with Crippen molar-refractivity contribution in [1.29, 1.82) is 0 Å². The maximum Gasteiger partial charge on any atom is 0.264 e. The fourth-order valence-electron chi connectivity index (χ4n) is 0.757. The highest BCUT2D eigenvalue weighted by Gasteiger charge is 2.03. The van der Waals surface area contributed by atoms with Crippen molar-refractivity contribution in [2.24, 2.45) is 0 Å². The molecule has 0 aliphatic carbocycles. The van der Waals surface area contributed by atoms with E-state index in [-0.39, 0.29) is 0 Å². The molecular weight excluding hydrogens is 222 g/mol. The van der Waals surface area contributed by atoms with E-state index in [0.717, 1.165) is 4.47 Å². The van der Waals surface area contributed by atoms with Gasteiger partial charge < -0.3 is 4.42 Å². The van der Waals surface area contributed by atoms with Gasteiger partial charge in [0, 0.05) is 12.4 Å². The minimum absolute atomic E-state index is 0.433. The lowest BCUT2D eigenvalue weighted by Crippen LogP contribution is -1.86. The fraction of sp³-hybridized carbons (Fsp3) is 0. The first-order valence-electron chi connectivity index (χ1n) is 3.23. The Balaban J connectivity index is 2.43. The Kier molecular flexibility index (Phi) is 1.87. The summed E-state index contributed by atoms with van der Waals surface area (Å²) in [5.74, 6) is 0.922. The van der Waals surface area contributed by atoms with Crippen molar-refractivity contribution in [3.05, 3.63) is 29.3 Å². The number of aromatic nitrogens is 3. The highest BCUT2D eigenvalue weighted by atomic mass is 79.9. The van der Waals surface area contributed by atoms with Crippen molar-refractivity contribution in [2.45, 2.75) is 0 Å². The molecule has 0 radical (unpaired) electrons. The van der Waals surface area contributed by atoms with Gasteiger partial charge in [0.15, 0.2) is 0 Å². The van der Waals surface area contributed by atoms with Crippen LogP contribution in [0.4, 0.5) is 0 Å². The standard InChI is InChI=1S/C7H4BrN3O/c8-5-3-10-6(11-4-5)7-9-1-2-12-7/h1-4H. The van der Waals surface area contributed by atoms with Crippen LogP contribution < -0.4 is 0 Å². The van der Waals surface area contributed by atoms with E-state index in [1.165, 1.54) is 6.26 Å². The van der Waals surface area contributed by atoms with Gasteiger partial charge in [0.1, 0.15) is 6.26 Å². The summed E-state index contributed by atoms with van der Waals surface area (Å²) in [6.07, 6.45) is 6.33. The molecule has 0 amide bonds. The van der Waals surface area contributed by atoms with Crippen molar-refractivity contribution in [3.63, 3.8) is 0 Å². The Labute approximate surface area is 76.8 Å². The summed E-state index contributed by atoms with van der Waals surface area (Å²) in [7, 11) is 0. The van der Waals surface area contributed by atoms with Crippen LogP contribution >= 0.6 is 15.9 Å².